The van der Waals surface area contributed by atoms with Crippen molar-refractivity contribution in [3.8, 4) is 28.1 Å². The van der Waals surface area contributed by atoms with Gasteiger partial charge in [0.15, 0.2) is 12.0 Å². The average molecular weight is 583 g/mol. The molecule has 0 radical (unpaired) electrons. The molecule has 208 valence electrons. The molecule has 5 aromatic rings. The quantitative estimate of drug-likeness (QED) is 0.138. The Bertz CT molecular complexity index is 1610. The van der Waals surface area contributed by atoms with Crippen LogP contribution < -0.4 is 4.73 Å². The zero-order valence-electron chi connectivity index (χ0n) is 19.9. The number of rotatable bonds is 10. The van der Waals surface area contributed by atoms with Gasteiger partial charge in [0.05, 0.1) is 40.8 Å². The number of ether oxygens (including phenoxy) is 1. The van der Waals surface area contributed by atoms with Gasteiger partial charge in [0.1, 0.15) is 18.1 Å². The van der Waals surface area contributed by atoms with Crippen LogP contribution in [-0.2, 0) is 4.74 Å². The highest BCUT2D eigenvalue weighted by molar-refractivity contribution is 6.31. The van der Waals surface area contributed by atoms with E-state index in [1.807, 2.05) is 0 Å². The second-order valence-corrected chi connectivity index (χ2v) is 8.56. The Kier molecular flexibility index (Phi) is 7.65. The summed E-state index contributed by atoms with van der Waals surface area (Å²) >= 11 is 5.99. The highest BCUT2D eigenvalue weighted by Gasteiger charge is 2.26. The van der Waals surface area contributed by atoms with Crippen molar-refractivity contribution in [3.05, 3.63) is 77.1 Å². The summed E-state index contributed by atoms with van der Waals surface area (Å²) in [6.07, 6.45) is 5.99. The van der Waals surface area contributed by atoms with Crippen LogP contribution in [0.2, 0.25) is 5.02 Å². The minimum absolute atomic E-state index is 0.0407. The van der Waals surface area contributed by atoms with E-state index in [-0.39, 0.29) is 50.0 Å². The van der Waals surface area contributed by atoms with Gasteiger partial charge in [-0.2, -0.15) is 37.2 Å². The summed E-state index contributed by atoms with van der Waals surface area (Å²) in [6, 6.07) is 4.64. The summed E-state index contributed by atoms with van der Waals surface area (Å²) in [5.41, 5.74) is 0.668. The molecular formula is C22H16ClF5N10O2. The number of tetrazole rings is 1. The van der Waals surface area contributed by atoms with Crippen molar-refractivity contribution in [1.82, 2.24) is 45.0 Å². The van der Waals surface area contributed by atoms with Crippen molar-refractivity contribution in [3.63, 3.8) is 0 Å². The van der Waals surface area contributed by atoms with Gasteiger partial charge in [-0.15, -0.1) is 15.0 Å². The first-order chi connectivity index (χ1) is 19.2. The molecule has 1 atom stereocenters. The van der Waals surface area contributed by atoms with Crippen molar-refractivity contribution in [2.24, 2.45) is 0 Å². The molecule has 1 aromatic carbocycles. The van der Waals surface area contributed by atoms with Crippen LogP contribution in [-0.4, -0.2) is 58.2 Å². The minimum atomic E-state index is -3.05. The van der Waals surface area contributed by atoms with E-state index in [9.17, 15) is 22.8 Å². The molecule has 0 spiro atoms. The monoisotopic (exact) mass is 582 g/mol. The standard InChI is InChI=1S/C22H16ClF5N10O2/c23-14-2-4-18(36-11-29-33-34-36)19(20(14)24)12-1-3-17(37(39)10-12)16(5-6-40-22(27)28)35-9-13(7-30-35)15-8-31-38(32-15)21(25)26/h1-4,7-11,16,21-22H,5-6H2/t16-/m1/s1. The molecular weight excluding hydrogens is 567 g/mol. The molecule has 4 aromatic heterocycles. The first-order valence-electron chi connectivity index (χ1n) is 11.3. The molecule has 0 amide bonds. The van der Waals surface area contributed by atoms with Gasteiger partial charge < -0.3 is 9.94 Å². The van der Waals surface area contributed by atoms with E-state index in [0.29, 0.717) is 4.73 Å². The van der Waals surface area contributed by atoms with Crippen molar-refractivity contribution in [2.45, 2.75) is 25.6 Å². The summed E-state index contributed by atoms with van der Waals surface area (Å²) in [5.74, 6) is -0.821. The Morgan fingerprint density at radius 3 is 2.55 bits per heavy atom. The van der Waals surface area contributed by atoms with E-state index < -0.39 is 31.6 Å². The molecule has 18 heteroatoms. The lowest BCUT2D eigenvalue weighted by Crippen LogP contribution is -2.36. The number of alkyl halides is 4. The number of hydrogen-bond acceptors (Lipinski definition) is 8. The van der Waals surface area contributed by atoms with Crippen molar-refractivity contribution >= 4 is 11.6 Å². The molecule has 0 aliphatic rings. The lowest BCUT2D eigenvalue weighted by molar-refractivity contribution is -0.615. The van der Waals surface area contributed by atoms with Gasteiger partial charge >= 0.3 is 13.2 Å². The molecule has 0 aliphatic heterocycles. The number of nitrogens with zero attached hydrogens (tertiary/aromatic N) is 10. The summed E-state index contributed by atoms with van der Waals surface area (Å²) in [7, 11) is 0. The Hall–Kier alpha value is -4.51. The molecule has 12 nitrogen and oxygen atoms in total. The van der Waals surface area contributed by atoms with E-state index in [0.717, 1.165) is 12.4 Å². The van der Waals surface area contributed by atoms with Gasteiger partial charge in [0.2, 0.25) is 5.69 Å². The summed E-state index contributed by atoms with van der Waals surface area (Å²) in [6.45, 7) is -6.45. The summed E-state index contributed by atoms with van der Waals surface area (Å²) in [5, 5.41) is 35.2. The lowest BCUT2D eigenvalue weighted by Gasteiger charge is -2.18. The van der Waals surface area contributed by atoms with Gasteiger partial charge in [-0.05, 0) is 28.6 Å². The number of benzene rings is 1. The molecule has 5 rings (SSSR count). The zero-order valence-corrected chi connectivity index (χ0v) is 20.7. The van der Waals surface area contributed by atoms with Gasteiger partial charge in [0, 0.05) is 24.2 Å². The lowest BCUT2D eigenvalue weighted by atomic mass is 10.0. The smallest absolute Gasteiger partial charge is 0.348 e. The maximum Gasteiger partial charge on any atom is 0.348 e. The second-order valence-electron chi connectivity index (χ2n) is 8.15. The number of hydrogen-bond donors (Lipinski definition) is 0. The van der Waals surface area contributed by atoms with E-state index >= 15 is 4.39 Å². The number of pyridine rings is 1. The Morgan fingerprint density at radius 2 is 1.88 bits per heavy atom. The molecule has 0 aliphatic carbocycles. The average Bonchev–Trinajstić information content (AvgIpc) is 3.70. The fourth-order valence-electron chi connectivity index (χ4n) is 4.00. The molecule has 4 heterocycles. The summed E-state index contributed by atoms with van der Waals surface area (Å²) < 4.78 is 73.5. The minimum Gasteiger partial charge on any atom is -0.618 e. The normalized spacial score (nSPS) is 12.5. The number of aromatic nitrogens is 10. The fraction of sp³-hybridized carbons (Fsp3) is 0.227. The largest absolute Gasteiger partial charge is 0.618 e. The molecule has 0 N–H and O–H groups in total. The molecule has 0 unspecified atom stereocenters. The van der Waals surface area contributed by atoms with Gasteiger partial charge in [-0.1, -0.05) is 11.6 Å². The van der Waals surface area contributed by atoms with Crippen molar-refractivity contribution in [1.29, 1.82) is 0 Å². The summed E-state index contributed by atoms with van der Waals surface area (Å²) in [4.78, 5) is 0.212. The van der Waals surface area contributed by atoms with Crippen molar-refractivity contribution in [2.75, 3.05) is 6.61 Å². The predicted molar refractivity (Wildman–Crippen MR) is 126 cm³/mol. The van der Waals surface area contributed by atoms with Crippen LogP contribution in [0.5, 0.6) is 0 Å². The van der Waals surface area contributed by atoms with Crippen LogP contribution in [0.25, 0.3) is 28.1 Å². The Balaban J connectivity index is 1.52. The van der Waals surface area contributed by atoms with Gasteiger partial charge in [-0.3, -0.25) is 4.68 Å². The maximum atomic E-state index is 15.2. The molecule has 0 bridgehead atoms. The zero-order chi connectivity index (χ0) is 28.4. The van der Waals surface area contributed by atoms with Crippen LogP contribution in [0.1, 0.15) is 24.7 Å². The SMILES string of the molecule is [O-][n+]1cc(-c2c(-n3cnnn3)ccc(Cl)c2F)ccc1[C@@H](CCOC(F)F)n1cc(-c2cnn(C(F)F)n2)cn1. The van der Waals surface area contributed by atoms with E-state index in [1.54, 1.807) is 0 Å². The van der Waals surface area contributed by atoms with E-state index in [1.165, 1.54) is 52.4 Å². The van der Waals surface area contributed by atoms with E-state index in [4.69, 9.17) is 11.6 Å². The van der Waals surface area contributed by atoms with Crippen LogP contribution in [0.15, 0.2) is 55.4 Å². The van der Waals surface area contributed by atoms with Crippen molar-refractivity contribution < 1.29 is 31.4 Å². The van der Waals surface area contributed by atoms with Crippen LogP contribution in [0, 0.1) is 11.0 Å². The highest BCUT2D eigenvalue weighted by atomic mass is 35.5. The van der Waals surface area contributed by atoms with Crippen LogP contribution in [0.3, 0.4) is 0 Å². The third-order valence-corrected chi connectivity index (χ3v) is 6.07. The molecule has 0 saturated carbocycles. The third kappa shape index (κ3) is 5.46. The first kappa shape index (κ1) is 27.1. The first-order valence-corrected chi connectivity index (χ1v) is 11.7. The predicted octanol–water partition coefficient (Wildman–Crippen LogP) is 3.82. The Labute approximate surface area is 225 Å². The van der Waals surface area contributed by atoms with Gasteiger partial charge in [-0.25, -0.2) is 4.39 Å². The molecule has 0 saturated heterocycles. The topological polar surface area (TPSA) is 128 Å². The number of halogens is 6. The maximum absolute atomic E-state index is 15.2. The van der Waals surface area contributed by atoms with Gasteiger partial charge in [0.25, 0.3) is 0 Å². The third-order valence-electron chi connectivity index (χ3n) is 5.78. The second kappa shape index (κ2) is 11.3. The van der Waals surface area contributed by atoms with Crippen LogP contribution in [0.4, 0.5) is 22.0 Å². The van der Waals surface area contributed by atoms with E-state index in [2.05, 4.69) is 35.6 Å². The van der Waals surface area contributed by atoms with Crippen LogP contribution >= 0.6 is 11.6 Å². The molecule has 0 fully saturated rings. The molecule has 40 heavy (non-hydrogen) atoms. The highest BCUT2D eigenvalue weighted by Crippen LogP contribution is 2.33. The Morgan fingerprint density at radius 1 is 1.05 bits per heavy atom. The fourth-order valence-corrected chi connectivity index (χ4v) is 4.16.